The van der Waals surface area contributed by atoms with E-state index in [-0.39, 0.29) is 24.0 Å². The molecule has 0 aromatic carbocycles. The fourth-order valence-corrected chi connectivity index (χ4v) is 0.600. The summed E-state index contributed by atoms with van der Waals surface area (Å²) in [7, 11) is 0. The topological polar surface area (TPSA) is 81.2 Å². The summed E-state index contributed by atoms with van der Waals surface area (Å²) in [5, 5.41) is 0. The van der Waals surface area contributed by atoms with Gasteiger partial charge in [0.1, 0.15) is 11.4 Å². The van der Waals surface area contributed by atoms with Crippen LogP contribution in [0.4, 0.5) is 0 Å². The Morgan fingerprint density at radius 1 is 0.857 bits per heavy atom. The molecule has 0 atom stereocenters. The van der Waals surface area contributed by atoms with Gasteiger partial charge in [-0.1, -0.05) is 6.07 Å². The highest BCUT2D eigenvalue weighted by Gasteiger charge is 1.92. The molecule has 0 fully saturated rings. The summed E-state index contributed by atoms with van der Waals surface area (Å²) in [4.78, 5) is 41.5. The predicted octanol–water partition coefficient (Wildman–Crippen LogP) is 0.0908. The predicted molar refractivity (Wildman–Crippen MR) is 47.1 cm³/mol. The van der Waals surface area contributed by atoms with Crippen LogP contribution in [0.5, 0.6) is 0 Å². The average molecular weight is 193 g/mol. The van der Waals surface area contributed by atoms with Crippen LogP contribution >= 0.6 is 0 Å². The van der Waals surface area contributed by atoms with Crippen LogP contribution in [0.1, 0.15) is 21.0 Å². The van der Waals surface area contributed by atoms with Gasteiger partial charge in [-0.05, 0) is 12.1 Å². The van der Waals surface area contributed by atoms with E-state index in [1.807, 2.05) is 0 Å². The van der Waals surface area contributed by atoms with Crippen molar-refractivity contribution in [2.75, 3.05) is 0 Å². The highest BCUT2D eigenvalue weighted by molar-refractivity contribution is 6.09. The Labute approximate surface area is 79.8 Å². The summed E-state index contributed by atoms with van der Waals surface area (Å²) in [6, 6.07) is 4.69. The first-order valence-electron chi connectivity index (χ1n) is 3.54. The van der Waals surface area contributed by atoms with Crippen molar-refractivity contribution in [1.82, 2.24) is 4.98 Å². The maximum Gasteiger partial charge on any atom is 0.182 e. The van der Waals surface area contributed by atoms with E-state index >= 15 is 0 Å². The lowest BCUT2D eigenvalue weighted by Gasteiger charge is -1.88. The number of carbonyl (C=O) groups excluding carboxylic acids is 4. The molecule has 1 aromatic heterocycles. The van der Waals surface area contributed by atoms with Crippen LogP contribution < -0.4 is 0 Å². The highest BCUT2D eigenvalue weighted by Crippen LogP contribution is 1.92. The summed E-state index contributed by atoms with van der Waals surface area (Å²) in [6.07, 6.45) is 1.60. The molecule has 0 spiro atoms. The molecule has 0 aliphatic rings. The van der Waals surface area contributed by atoms with Crippen LogP contribution in [0, 0.1) is 0 Å². The number of carbonyl (C=O) groups is 4. The number of nitrogens with zero attached hydrogens (tertiary/aromatic N) is 1. The third kappa shape index (κ3) is 4.66. The highest BCUT2D eigenvalue weighted by atomic mass is 16.2. The van der Waals surface area contributed by atoms with E-state index in [9.17, 15) is 9.59 Å². The smallest absolute Gasteiger partial charge is 0.182 e. The maximum absolute atomic E-state index is 10.1. The first-order chi connectivity index (χ1) is 6.78. The Morgan fingerprint density at radius 2 is 1.29 bits per heavy atom. The van der Waals surface area contributed by atoms with E-state index in [4.69, 9.17) is 9.59 Å². The average Bonchev–Trinajstić information content (AvgIpc) is 2.29. The molecule has 0 N–H and O–H groups in total. The van der Waals surface area contributed by atoms with Gasteiger partial charge in [-0.3, -0.25) is 19.2 Å². The van der Waals surface area contributed by atoms with E-state index in [1.165, 1.54) is 0 Å². The van der Waals surface area contributed by atoms with Crippen molar-refractivity contribution < 1.29 is 19.2 Å². The fourth-order valence-electron chi connectivity index (χ4n) is 0.600. The zero-order valence-corrected chi connectivity index (χ0v) is 7.12. The van der Waals surface area contributed by atoms with Crippen LogP contribution in [0.25, 0.3) is 0 Å². The van der Waals surface area contributed by atoms with Crippen molar-refractivity contribution in [3.8, 4) is 0 Å². The maximum atomic E-state index is 10.1. The largest absolute Gasteiger partial charge is 0.296 e. The summed E-state index contributed by atoms with van der Waals surface area (Å²) >= 11 is 0. The van der Waals surface area contributed by atoms with Crippen LogP contribution in [-0.2, 0) is 9.59 Å². The van der Waals surface area contributed by atoms with Crippen LogP contribution in [0.2, 0.25) is 0 Å². The molecular formula is C9H7NO4. The molecule has 0 bridgehead atoms. The Hall–Kier alpha value is -2.17. The Balaban J connectivity index is 0.000000364. The first kappa shape index (κ1) is 11.8. The summed E-state index contributed by atoms with van der Waals surface area (Å²) < 4.78 is 0. The second-order valence-corrected chi connectivity index (χ2v) is 2.00. The number of rotatable bonds is 3. The first-order valence-corrected chi connectivity index (χ1v) is 3.54. The lowest BCUT2D eigenvalue weighted by atomic mass is 10.3. The number of hydrogen-bond donors (Lipinski definition) is 0. The van der Waals surface area contributed by atoms with Gasteiger partial charge >= 0.3 is 0 Å². The lowest BCUT2D eigenvalue weighted by Crippen LogP contribution is -1.90. The summed E-state index contributed by atoms with van der Waals surface area (Å²) in [5.74, 6) is 0. The normalized spacial score (nSPS) is 7.71. The van der Waals surface area contributed by atoms with Gasteiger partial charge in [0, 0.05) is 0 Å². The van der Waals surface area contributed by atoms with Gasteiger partial charge in [-0.15, -0.1) is 0 Å². The molecule has 0 aliphatic carbocycles. The van der Waals surface area contributed by atoms with Crippen LogP contribution in [-0.4, -0.2) is 30.1 Å². The third-order valence-corrected chi connectivity index (χ3v) is 1.09. The van der Waals surface area contributed by atoms with Crippen molar-refractivity contribution in [2.24, 2.45) is 0 Å². The number of aldehydes is 4. The molecule has 1 heterocycles. The molecule has 0 saturated heterocycles. The van der Waals surface area contributed by atoms with Crippen LogP contribution in [0.3, 0.4) is 0 Å². The van der Waals surface area contributed by atoms with Gasteiger partial charge in [0.15, 0.2) is 25.1 Å². The fraction of sp³-hybridized carbons (Fsp3) is 0. The zero-order valence-electron chi connectivity index (χ0n) is 7.12. The molecule has 0 unspecified atom stereocenters. The Bertz CT molecular complexity index is 306. The second kappa shape index (κ2) is 7.48. The molecule has 0 aliphatic heterocycles. The second-order valence-electron chi connectivity index (χ2n) is 2.00. The zero-order chi connectivity index (χ0) is 10.8. The monoisotopic (exact) mass is 193 g/mol. The van der Waals surface area contributed by atoms with Crippen molar-refractivity contribution >= 4 is 25.1 Å². The number of aromatic nitrogens is 1. The Morgan fingerprint density at radius 3 is 1.57 bits per heavy atom. The van der Waals surface area contributed by atoms with Crippen molar-refractivity contribution in [3.63, 3.8) is 0 Å². The molecule has 72 valence electrons. The summed E-state index contributed by atoms with van der Waals surface area (Å²) in [6.45, 7) is 0. The third-order valence-electron chi connectivity index (χ3n) is 1.09. The molecular weight excluding hydrogens is 186 g/mol. The van der Waals surface area contributed by atoms with E-state index in [2.05, 4.69) is 4.98 Å². The van der Waals surface area contributed by atoms with Crippen LogP contribution in [0.15, 0.2) is 18.2 Å². The van der Waals surface area contributed by atoms with Crippen molar-refractivity contribution in [1.29, 1.82) is 0 Å². The molecule has 14 heavy (non-hydrogen) atoms. The van der Waals surface area contributed by atoms with E-state index in [1.54, 1.807) is 18.2 Å². The minimum atomic E-state index is 0.194. The van der Waals surface area contributed by atoms with Crippen molar-refractivity contribution in [2.45, 2.75) is 0 Å². The van der Waals surface area contributed by atoms with E-state index in [0.717, 1.165) is 0 Å². The molecule has 5 heteroatoms. The number of pyridine rings is 1. The molecule has 0 amide bonds. The number of hydrogen-bond acceptors (Lipinski definition) is 5. The minimum absolute atomic E-state index is 0.194. The Kier molecular flexibility index (Phi) is 6.32. The van der Waals surface area contributed by atoms with Gasteiger partial charge < -0.3 is 0 Å². The van der Waals surface area contributed by atoms with Gasteiger partial charge in [0.2, 0.25) is 0 Å². The van der Waals surface area contributed by atoms with Gasteiger partial charge in [0.05, 0.1) is 0 Å². The summed E-state index contributed by atoms with van der Waals surface area (Å²) in [5.41, 5.74) is 0.564. The quantitative estimate of drug-likeness (QED) is 0.502. The van der Waals surface area contributed by atoms with Crippen molar-refractivity contribution in [3.05, 3.63) is 29.6 Å². The molecule has 0 radical (unpaired) electrons. The van der Waals surface area contributed by atoms with Gasteiger partial charge in [0.25, 0.3) is 0 Å². The van der Waals surface area contributed by atoms with E-state index in [0.29, 0.717) is 12.6 Å². The minimum Gasteiger partial charge on any atom is -0.296 e. The van der Waals surface area contributed by atoms with Gasteiger partial charge in [-0.25, -0.2) is 4.98 Å². The SMILES string of the molecule is O=CC=O.O=Cc1cccc(C=O)n1. The molecule has 1 rings (SSSR count). The van der Waals surface area contributed by atoms with Gasteiger partial charge in [-0.2, -0.15) is 0 Å². The van der Waals surface area contributed by atoms with E-state index < -0.39 is 0 Å². The molecule has 5 nitrogen and oxygen atoms in total. The molecule has 0 saturated carbocycles. The molecule has 1 aromatic rings. The lowest BCUT2D eigenvalue weighted by molar-refractivity contribution is -0.122. The standard InChI is InChI=1S/C7H5NO2.C2H2O2/c9-4-6-2-1-3-7(5-10)8-6;3-1-2-4/h1-5H;1-2H.